The van der Waals surface area contributed by atoms with Gasteiger partial charge in [-0.1, -0.05) is 12.1 Å². The summed E-state index contributed by atoms with van der Waals surface area (Å²) in [5, 5.41) is 2.53. The summed E-state index contributed by atoms with van der Waals surface area (Å²) in [5.74, 6) is -0.743. The van der Waals surface area contributed by atoms with E-state index in [2.05, 4.69) is 5.32 Å². The molecular formula is C9H10NNaO4S. The Hall–Kier alpha value is -0.400. The molecule has 0 unspecified atom stereocenters. The van der Waals surface area contributed by atoms with Crippen LogP contribution in [0.3, 0.4) is 0 Å². The van der Waals surface area contributed by atoms with E-state index in [0.29, 0.717) is 11.3 Å². The van der Waals surface area contributed by atoms with E-state index in [4.69, 9.17) is 0 Å². The Morgan fingerprint density at radius 2 is 1.81 bits per heavy atom. The molecule has 1 aromatic carbocycles. The van der Waals surface area contributed by atoms with Crippen molar-refractivity contribution in [1.29, 1.82) is 0 Å². The van der Waals surface area contributed by atoms with Gasteiger partial charge in [-0.3, -0.25) is 4.79 Å². The zero-order chi connectivity index (χ0) is 11.5. The minimum Gasteiger partial charge on any atom is -0.748 e. The monoisotopic (exact) mass is 251 g/mol. The van der Waals surface area contributed by atoms with Gasteiger partial charge in [-0.25, -0.2) is 8.42 Å². The van der Waals surface area contributed by atoms with Gasteiger partial charge in [-0.05, 0) is 17.7 Å². The van der Waals surface area contributed by atoms with Gasteiger partial charge < -0.3 is 9.87 Å². The van der Waals surface area contributed by atoms with E-state index in [1.807, 2.05) is 0 Å². The SMILES string of the molecule is CC(=O)Nc1ccc(CS(=O)(=O)[O-])cc1.[Na+]. The molecule has 0 radical (unpaired) electrons. The smallest absolute Gasteiger partial charge is 0.748 e. The second-order valence-corrected chi connectivity index (χ2v) is 4.48. The molecule has 0 aliphatic heterocycles. The number of hydrogen-bond acceptors (Lipinski definition) is 4. The predicted molar refractivity (Wildman–Crippen MR) is 54.1 cm³/mol. The molecule has 5 nitrogen and oxygen atoms in total. The Balaban J connectivity index is 0.00000225. The van der Waals surface area contributed by atoms with Crippen LogP contribution in [0.25, 0.3) is 0 Å². The summed E-state index contributed by atoms with van der Waals surface area (Å²) >= 11 is 0. The minimum atomic E-state index is -4.25. The number of carbonyl (C=O) groups excluding carboxylic acids is 1. The van der Waals surface area contributed by atoms with Crippen LogP contribution >= 0.6 is 0 Å². The quantitative estimate of drug-likeness (QED) is 0.483. The van der Waals surface area contributed by atoms with Crippen LogP contribution in [0.15, 0.2) is 24.3 Å². The predicted octanol–water partition coefficient (Wildman–Crippen LogP) is -2.31. The zero-order valence-corrected chi connectivity index (χ0v) is 11.9. The molecule has 1 amide bonds. The van der Waals surface area contributed by atoms with Crippen LogP contribution < -0.4 is 34.9 Å². The number of anilines is 1. The molecule has 82 valence electrons. The maximum Gasteiger partial charge on any atom is 1.00 e. The van der Waals surface area contributed by atoms with Gasteiger partial charge in [-0.2, -0.15) is 0 Å². The number of carbonyl (C=O) groups is 1. The van der Waals surface area contributed by atoms with E-state index in [0.717, 1.165) is 0 Å². The summed E-state index contributed by atoms with van der Waals surface area (Å²) in [6, 6.07) is 6.06. The third-order valence-corrected chi connectivity index (χ3v) is 2.30. The van der Waals surface area contributed by atoms with Gasteiger partial charge >= 0.3 is 29.6 Å². The number of benzene rings is 1. The minimum absolute atomic E-state index is 0. The maximum atomic E-state index is 10.7. The Morgan fingerprint density at radius 1 is 1.31 bits per heavy atom. The Kier molecular flexibility index (Phi) is 6.20. The average Bonchev–Trinajstić information content (AvgIpc) is 2.05. The topological polar surface area (TPSA) is 86.3 Å². The van der Waals surface area contributed by atoms with E-state index in [-0.39, 0.29) is 35.5 Å². The van der Waals surface area contributed by atoms with Crippen molar-refractivity contribution >= 4 is 21.7 Å². The largest absolute Gasteiger partial charge is 1.00 e. The molecule has 0 aliphatic carbocycles. The summed E-state index contributed by atoms with van der Waals surface area (Å²) in [6.07, 6.45) is 0. The first-order valence-electron chi connectivity index (χ1n) is 4.17. The molecule has 0 heterocycles. The van der Waals surface area contributed by atoms with Crippen LogP contribution in [-0.4, -0.2) is 18.9 Å². The molecule has 0 spiro atoms. The third-order valence-electron chi connectivity index (χ3n) is 1.62. The van der Waals surface area contributed by atoms with Crippen LogP contribution in [-0.2, 0) is 20.7 Å². The fourth-order valence-corrected chi connectivity index (χ4v) is 1.69. The van der Waals surface area contributed by atoms with Gasteiger partial charge in [0, 0.05) is 12.6 Å². The van der Waals surface area contributed by atoms with Crippen molar-refractivity contribution in [3.05, 3.63) is 29.8 Å². The third kappa shape index (κ3) is 6.24. The fraction of sp³-hybridized carbons (Fsp3) is 0.222. The number of amides is 1. The molecular weight excluding hydrogens is 241 g/mol. The van der Waals surface area contributed by atoms with Gasteiger partial charge in [0.15, 0.2) is 0 Å². The van der Waals surface area contributed by atoms with Crippen molar-refractivity contribution in [2.75, 3.05) is 5.32 Å². The molecule has 0 aromatic heterocycles. The van der Waals surface area contributed by atoms with Crippen molar-refractivity contribution in [3.8, 4) is 0 Å². The first-order valence-corrected chi connectivity index (χ1v) is 5.75. The van der Waals surface area contributed by atoms with Crippen LogP contribution in [0.2, 0.25) is 0 Å². The molecule has 0 atom stereocenters. The van der Waals surface area contributed by atoms with Crippen molar-refractivity contribution in [1.82, 2.24) is 0 Å². The van der Waals surface area contributed by atoms with Crippen molar-refractivity contribution in [2.45, 2.75) is 12.7 Å². The van der Waals surface area contributed by atoms with Gasteiger partial charge in [-0.15, -0.1) is 0 Å². The summed E-state index contributed by atoms with van der Waals surface area (Å²) in [5.41, 5.74) is 0.966. The molecule has 1 rings (SSSR count). The van der Waals surface area contributed by atoms with Gasteiger partial charge in [0.25, 0.3) is 0 Å². The normalized spacial score (nSPS) is 10.4. The van der Waals surface area contributed by atoms with Crippen LogP contribution in [0.4, 0.5) is 5.69 Å². The van der Waals surface area contributed by atoms with Gasteiger partial charge in [0.05, 0.1) is 15.9 Å². The summed E-state index contributed by atoms with van der Waals surface area (Å²) in [4.78, 5) is 10.7. The number of rotatable bonds is 3. The summed E-state index contributed by atoms with van der Waals surface area (Å²) < 4.78 is 31.3. The molecule has 0 bridgehead atoms. The molecule has 0 saturated heterocycles. The molecule has 1 N–H and O–H groups in total. The second kappa shape index (κ2) is 6.36. The van der Waals surface area contributed by atoms with E-state index in [9.17, 15) is 17.8 Å². The second-order valence-electron chi connectivity index (χ2n) is 3.08. The van der Waals surface area contributed by atoms with Crippen LogP contribution in [0.1, 0.15) is 12.5 Å². The van der Waals surface area contributed by atoms with Gasteiger partial charge in [0.2, 0.25) is 5.91 Å². The molecule has 7 heteroatoms. The molecule has 16 heavy (non-hydrogen) atoms. The molecule has 0 fully saturated rings. The Morgan fingerprint density at radius 3 is 2.19 bits per heavy atom. The zero-order valence-electron chi connectivity index (χ0n) is 9.06. The number of nitrogens with one attached hydrogen (secondary N) is 1. The molecule has 0 aliphatic rings. The Bertz CT molecular complexity index is 455. The fourth-order valence-electron chi connectivity index (χ4n) is 1.09. The van der Waals surface area contributed by atoms with Crippen LogP contribution in [0, 0.1) is 0 Å². The average molecular weight is 251 g/mol. The summed E-state index contributed by atoms with van der Waals surface area (Å²) in [7, 11) is -4.25. The first kappa shape index (κ1) is 15.6. The first-order chi connectivity index (χ1) is 6.87. The standard InChI is InChI=1S/C9H11NO4S.Na/c1-7(11)10-9-4-2-8(3-5-9)6-15(12,13)14;/h2-5H,6H2,1H3,(H,10,11)(H,12,13,14);/q;+1/p-1. The van der Waals surface area contributed by atoms with Gasteiger partial charge in [0.1, 0.15) is 0 Å². The molecule has 0 saturated carbocycles. The van der Waals surface area contributed by atoms with Crippen molar-refractivity contribution in [2.24, 2.45) is 0 Å². The van der Waals surface area contributed by atoms with E-state index in [1.165, 1.54) is 19.1 Å². The van der Waals surface area contributed by atoms with Crippen molar-refractivity contribution in [3.63, 3.8) is 0 Å². The van der Waals surface area contributed by atoms with E-state index < -0.39 is 15.9 Å². The van der Waals surface area contributed by atoms with Crippen molar-refractivity contribution < 1.29 is 47.3 Å². The number of hydrogen-bond donors (Lipinski definition) is 1. The van der Waals surface area contributed by atoms with Crippen LogP contribution in [0.5, 0.6) is 0 Å². The molecule has 1 aromatic rings. The maximum absolute atomic E-state index is 10.7. The van der Waals surface area contributed by atoms with E-state index >= 15 is 0 Å². The summed E-state index contributed by atoms with van der Waals surface area (Å²) in [6.45, 7) is 1.37. The van der Waals surface area contributed by atoms with E-state index in [1.54, 1.807) is 12.1 Å². The Labute approximate surface area is 116 Å².